The second-order valence-electron chi connectivity index (χ2n) is 7.82. The molecule has 0 bridgehead atoms. The zero-order valence-corrected chi connectivity index (χ0v) is 17.0. The number of hydrogen-bond acceptors (Lipinski definition) is 5. The molecule has 31 heavy (non-hydrogen) atoms. The lowest BCUT2D eigenvalue weighted by atomic mass is 9.93. The second-order valence-corrected chi connectivity index (χ2v) is 7.82. The van der Waals surface area contributed by atoms with Gasteiger partial charge in [-0.2, -0.15) is 0 Å². The summed E-state index contributed by atoms with van der Waals surface area (Å²) in [6.07, 6.45) is 5.76. The van der Waals surface area contributed by atoms with E-state index in [1.165, 1.54) is 12.1 Å². The lowest BCUT2D eigenvalue weighted by Crippen LogP contribution is -2.58. The van der Waals surface area contributed by atoms with Crippen LogP contribution < -0.4 is 5.32 Å². The van der Waals surface area contributed by atoms with Gasteiger partial charge in [0.05, 0.1) is 5.56 Å². The zero-order valence-electron chi connectivity index (χ0n) is 17.0. The van der Waals surface area contributed by atoms with E-state index in [0.29, 0.717) is 16.9 Å². The lowest BCUT2D eigenvalue weighted by Gasteiger charge is -2.35. The molecule has 2 aliphatic rings. The highest BCUT2D eigenvalue weighted by Crippen LogP contribution is 2.29. The van der Waals surface area contributed by atoms with Gasteiger partial charge in [-0.1, -0.05) is 25.3 Å². The summed E-state index contributed by atoms with van der Waals surface area (Å²) in [5.74, 6) is -1.61. The first kappa shape index (κ1) is 20.6. The standard InChI is InChI=1S/C23H22N2O6/c1-13-11-14(22(28)29)7-9-17(13)19-10-8-16(31-19)12-18-20(26)24-23(30)25(21(18)27)15-5-3-2-4-6-15/h7-12,15H,2-6H2,1H3,(H,28,29)(H,24,26,30)/b18-12+. The Bertz CT molecular complexity index is 1110. The summed E-state index contributed by atoms with van der Waals surface area (Å²) in [6, 6.07) is 7.10. The summed E-state index contributed by atoms with van der Waals surface area (Å²) < 4.78 is 5.80. The first-order chi connectivity index (χ1) is 14.8. The van der Waals surface area contributed by atoms with E-state index >= 15 is 0 Å². The number of barbiturate groups is 1. The maximum Gasteiger partial charge on any atom is 0.335 e. The molecule has 8 heteroatoms. The van der Waals surface area contributed by atoms with Crippen LogP contribution in [0.15, 0.2) is 40.3 Å². The van der Waals surface area contributed by atoms with Crippen LogP contribution in [0, 0.1) is 6.92 Å². The van der Waals surface area contributed by atoms with E-state index in [9.17, 15) is 19.2 Å². The highest BCUT2D eigenvalue weighted by Gasteiger charge is 2.40. The molecule has 0 atom stereocenters. The number of nitrogens with one attached hydrogen (secondary N) is 1. The quantitative estimate of drug-likeness (QED) is 0.573. The fourth-order valence-electron chi connectivity index (χ4n) is 4.13. The molecule has 2 heterocycles. The SMILES string of the molecule is Cc1cc(C(=O)O)ccc1-c1ccc(/C=C2\C(=O)NC(=O)N(C3CCCCC3)C2=O)o1. The Morgan fingerprint density at radius 1 is 1.13 bits per heavy atom. The third-order valence-corrected chi connectivity index (χ3v) is 5.73. The molecule has 8 nitrogen and oxygen atoms in total. The highest BCUT2D eigenvalue weighted by atomic mass is 16.4. The summed E-state index contributed by atoms with van der Waals surface area (Å²) >= 11 is 0. The molecule has 1 aliphatic heterocycles. The molecule has 4 rings (SSSR count). The number of aryl methyl sites for hydroxylation is 1. The van der Waals surface area contributed by atoms with E-state index in [1.807, 2.05) is 0 Å². The van der Waals surface area contributed by atoms with Gasteiger partial charge in [-0.3, -0.25) is 19.8 Å². The predicted molar refractivity (Wildman–Crippen MR) is 111 cm³/mol. The molecule has 0 spiro atoms. The molecule has 1 aliphatic carbocycles. The number of amides is 4. The van der Waals surface area contributed by atoms with E-state index in [-0.39, 0.29) is 22.9 Å². The summed E-state index contributed by atoms with van der Waals surface area (Å²) in [6.45, 7) is 1.77. The first-order valence-electron chi connectivity index (χ1n) is 10.2. The maximum absolute atomic E-state index is 13.0. The van der Waals surface area contributed by atoms with Crippen molar-refractivity contribution in [3.8, 4) is 11.3 Å². The van der Waals surface area contributed by atoms with Crippen LogP contribution in [-0.2, 0) is 9.59 Å². The van der Waals surface area contributed by atoms with Crippen molar-refractivity contribution in [3.05, 3.63) is 52.8 Å². The minimum atomic E-state index is -1.02. The van der Waals surface area contributed by atoms with Crippen LogP contribution in [0.1, 0.15) is 53.8 Å². The lowest BCUT2D eigenvalue weighted by molar-refractivity contribution is -0.132. The van der Waals surface area contributed by atoms with Gasteiger partial charge in [0.15, 0.2) is 0 Å². The van der Waals surface area contributed by atoms with Crippen molar-refractivity contribution in [3.63, 3.8) is 0 Å². The van der Waals surface area contributed by atoms with Crippen molar-refractivity contribution in [2.45, 2.75) is 45.1 Å². The monoisotopic (exact) mass is 422 g/mol. The van der Waals surface area contributed by atoms with Gasteiger partial charge < -0.3 is 9.52 Å². The van der Waals surface area contributed by atoms with E-state index in [2.05, 4.69) is 5.32 Å². The first-order valence-corrected chi connectivity index (χ1v) is 10.2. The van der Waals surface area contributed by atoms with E-state index in [0.717, 1.165) is 37.0 Å². The Morgan fingerprint density at radius 2 is 1.87 bits per heavy atom. The van der Waals surface area contributed by atoms with Crippen LogP contribution in [-0.4, -0.2) is 39.9 Å². The molecule has 2 aromatic rings. The molecule has 2 N–H and O–H groups in total. The number of imide groups is 2. The Morgan fingerprint density at radius 3 is 2.55 bits per heavy atom. The average Bonchev–Trinajstić information content (AvgIpc) is 3.20. The fraction of sp³-hybridized carbons (Fsp3) is 0.304. The number of furan rings is 1. The van der Waals surface area contributed by atoms with Crippen molar-refractivity contribution in [1.29, 1.82) is 0 Å². The summed E-state index contributed by atoms with van der Waals surface area (Å²) in [5, 5.41) is 11.4. The molecular weight excluding hydrogens is 400 g/mol. The highest BCUT2D eigenvalue weighted by molar-refractivity contribution is 6.31. The third-order valence-electron chi connectivity index (χ3n) is 5.73. The van der Waals surface area contributed by atoms with Crippen molar-refractivity contribution >= 4 is 29.9 Å². The Labute approximate surface area is 178 Å². The largest absolute Gasteiger partial charge is 0.478 e. The minimum absolute atomic E-state index is 0.149. The van der Waals surface area contributed by atoms with Crippen molar-refractivity contribution in [2.24, 2.45) is 0 Å². The van der Waals surface area contributed by atoms with Gasteiger partial charge in [0, 0.05) is 11.6 Å². The van der Waals surface area contributed by atoms with Crippen molar-refractivity contribution in [1.82, 2.24) is 10.2 Å². The van der Waals surface area contributed by atoms with Crippen molar-refractivity contribution in [2.75, 3.05) is 0 Å². The van der Waals surface area contributed by atoms with Gasteiger partial charge in [-0.25, -0.2) is 9.59 Å². The minimum Gasteiger partial charge on any atom is -0.478 e. The molecule has 1 saturated heterocycles. The van der Waals surface area contributed by atoms with E-state index in [4.69, 9.17) is 9.52 Å². The number of urea groups is 1. The number of hydrogen-bond donors (Lipinski definition) is 2. The molecule has 0 unspecified atom stereocenters. The molecule has 2 fully saturated rings. The Balaban J connectivity index is 1.62. The molecular formula is C23H22N2O6. The number of carboxylic acid groups (broad SMARTS) is 1. The summed E-state index contributed by atoms with van der Waals surface area (Å²) in [7, 11) is 0. The number of carbonyl (C=O) groups excluding carboxylic acids is 3. The normalized spacial score (nSPS) is 19.1. The van der Waals surface area contributed by atoms with Gasteiger partial charge in [0.1, 0.15) is 17.1 Å². The van der Waals surface area contributed by atoms with Gasteiger partial charge in [-0.15, -0.1) is 0 Å². The molecule has 1 saturated carbocycles. The topological polar surface area (TPSA) is 117 Å². The van der Waals surface area contributed by atoms with Gasteiger partial charge in [0.25, 0.3) is 11.8 Å². The third kappa shape index (κ3) is 4.01. The number of carbonyl (C=O) groups is 4. The maximum atomic E-state index is 13.0. The van der Waals surface area contributed by atoms with E-state index < -0.39 is 23.8 Å². The second kappa shape index (κ2) is 8.22. The molecule has 160 valence electrons. The average molecular weight is 422 g/mol. The zero-order chi connectivity index (χ0) is 22.1. The van der Waals surface area contributed by atoms with Gasteiger partial charge in [0.2, 0.25) is 0 Å². The van der Waals surface area contributed by atoms with Crippen LogP contribution in [0.4, 0.5) is 4.79 Å². The van der Waals surface area contributed by atoms with Crippen molar-refractivity contribution < 1.29 is 28.7 Å². The summed E-state index contributed by atoms with van der Waals surface area (Å²) in [4.78, 5) is 49.9. The molecule has 1 aromatic heterocycles. The van der Waals surface area contributed by atoms with Crippen LogP contribution >= 0.6 is 0 Å². The number of benzene rings is 1. The Kier molecular flexibility index (Phi) is 5.46. The number of nitrogens with zero attached hydrogens (tertiary/aromatic N) is 1. The molecule has 1 aromatic carbocycles. The van der Waals surface area contributed by atoms with Crippen LogP contribution in [0.3, 0.4) is 0 Å². The number of carboxylic acids is 1. The predicted octanol–water partition coefficient (Wildman–Crippen LogP) is 3.75. The Hall–Kier alpha value is -3.68. The van der Waals surface area contributed by atoms with E-state index in [1.54, 1.807) is 31.2 Å². The number of rotatable bonds is 4. The molecule has 4 amide bonds. The summed E-state index contributed by atoms with van der Waals surface area (Å²) in [5.41, 5.74) is 1.44. The smallest absolute Gasteiger partial charge is 0.335 e. The van der Waals surface area contributed by atoms with Gasteiger partial charge in [-0.05, 0) is 55.7 Å². The van der Waals surface area contributed by atoms with Gasteiger partial charge >= 0.3 is 12.0 Å². The van der Waals surface area contributed by atoms with Crippen LogP contribution in [0.25, 0.3) is 17.4 Å². The van der Waals surface area contributed by atoms with Crippen LogP contribution in [0.2, 0.25) is 0 Å². The van der Waals surface area contributed by atoms with Crippen LogP contribution in [0.5, 0.6) is 0 Å². The number of aromatic carboxylic acids is 1. The molecule has 0 radical (unpaired) electrons. The fourth-order valence-corrected chi connectivity index (χ4v) is 4.13.